The fraction of sp³-hybridized carbons (Fsp3) is 0.316. The second-order valence-electron chi connectivity index (χ2n) is 6.09. The Morgan fingerprint density at radius 2 is 1.96 bits per heavy atom. The van der Waals surface area contributed by atoms with Crippen LogP contribution >= 0.6 is 11.3 Å². The Morgan fingerprint density at radius 1 is 1.18 bits per heavy atom. The van der Waals surface area contributed by atoms with E-state index in [1.165, 1.54) is 11.3 Å². The van der Waals surface area contributed by atoms with Gasteiger partial charge in [0.25, 0.3) is 10.0 Å². The lowest BCUT2D eigenvalue weighted by atomic mass is 10.1. The number of hydrogen-bond acceptors (Lipinski definition) is 7. The average Bonchev–Trinajstić information content (AvgIpc) is 3.33. The molecule has 1 aromatic carbocycles. The Bertz CT molecular complexity index is 1010. The van der Waals surface area contributed by atoms with E-state index in [0.29, 0.717) is 23.4 Å². The maximum Gasteiger partial charge on any atom is 0.269 e. The first-order valence-corrected chi connectivity index (χ1v) is 11.0. The molecule has 2 aromatic heterocycles. The topological polar surface area (TPSA) is 81.9 Å². The van der Waals surface area contributed by atoms with E-state index in [1.54, 1.807) is 39.2 Å². The van der Waals surface area contributed by atoms with Crippen LogP contribution in [0.3, 0.4) is 0 Å². The number of hydrogen-bond donors (Lipinski definition) is 0. The molecule has 0 atom stereocenters. The van der Waals surface area contributed by atoms with Gasteiger partial charge < -0.3 is 14.0 Å². The van der Waals surface area contributed by atoms with Gasteiger partial charge in [0.05, 0.1) is 23.8 Å². The second-order valence-corrected chi connectivity index (χ2v) is 8.70. The predicted octanol–water partition coefficient (Wildman–Crippen LogP) is 3.84. The molecule has 0 saturated heterocycles. The van der Waals surface area contributed by atoms with Crippen LogP contribution in [-0.4, -0.2) is 40.6 Å². The molecular formula is C19H22N2O5S2. The highest BCUT2D eigenvalue weighted by molar-refractivity contribution is 7.93. The number of nitrogens with zero attached hydrogens (tertiary/aromatic N) is 2. The number of benzene rings is 1. The summed E-state index contributed by atoms with van der Waals surface area (Å²) in [5.74, 6) is 0.148. The first-order valence-electron chi connectivity index (χ1n) is 8.60. The molecule has 3 rings (SSSR count). The number of aromatic nitrogens is 1. The average molecular weight is 423 g/mol. The van der Waals surface area contributed by atoms with E-state index in [9.17, 15) is 8.42 Å². The highest BCUT2D eigenvalue weighted by Crippen LogP contribution is 2.34. The standard InChI is InChI=1S/C19H22N2O5S2/c1-14-15(2)20-26-19(14)21(13-25-10-9-24-3)28(22,23)18-7-5-4-6-17(18)16-8-11-27-12-16/h4-8,11-12H,9-10,13H2,1-3H3. The molecule has 0 aliphatic carbocycles. The maximum absolute atomic E-state index is 13.6. The first kappa shape index (κ1) is 20.5. The Kier molecular flexibility index (Phi) is 6.50. The van der Waals surface area contributed by atoms with Crippen molar-refractivity contribution in [2.24, 2.45) is 0 Å². The molecule has 7 nitrogen and oxygen atoms in total. The second kappa shape index (κ2) is 8.87. The van der Waals surface area contributed by atoms with Crippen LogP contribution in [0, 0.1) is 13.8 Å². The quantitative estimate of drug-likeness (QED) is 0.385. The van der Waals surface area contributed by atoms with Gasteiger partial charge in [-0.25, -0.2) is 12.7 Å². The van der Waals surface area contributed by atoms with Gasteiger partial charge in [-0.3, -0.25) is 0 Å². The van der Waals surface area contributed by atoms with Gasteiger partial charge in [0.15, 0.2) is 0 Å². The molecule has 9 heteroatoms. The molecule has 0 radical (unpaired) electrons. The van der Waals surface area contributed by atoms with Crippen molar-refractivity contribution >= 4 is 27.2 Å². The Hall–Kier alpha value is -2.20. The number of anilines is 1. The number of sulfonamides is 1. The predicted molar refractivity (Wildman–Crippen MR) is 108 cm³/mol. The molecule has 0 amide bonds. The van der Waals surface area contributed by atoms with Crippen molar-refractivity contribution in [3.63, 3.8) is 0 Å². The van der Waals surface area contributed by atoms with Gasteiger partial charge in [0.1, 0.15) is 6.73 Å². The van der Waals surface area contributed by atoms with Gasteiger partial charge in [-0.1, -0.05) is 23.4 Å². The third kappa shape index (κ3) is 4.12. The van der Waals surface area contributed by atoms with Crippen LogP contribution < -0.4 is 4.31 Å². The van der Waals surface area contributed by atoms with E-state index >= 15 is 0 Å². The fourth-order valence-corrected chi connectivity index (χ4v) is 4.84. The van der Waals surface area contributed by atoms with E-state index in [2.05, 4.69) is 5.16 Å². The lowest BCUT2D eigenvalue weighted by Crippen LogP contribution is -2.34. The molecule has 0 N–H and O–H groups in total. The van der Waals surface area contributed by atoms with E-state index in [0.717, 1.165) is 9.87 Å². The summed E-state index contributed by atoms with van der Waals surface area (Å²) in [4.78, 5) is 0.178. The molecule has 28 heavy (non-hydrogen) atoms. The summed E-state index contributed by atoms with van der Waals surface area (Å²) in [7, 11) is -2.41. The molecule has 2 heterocycles. The van der Waals surface area contributed by atoms with Crippen molar-refractivity contribution in [3.05, 3.63) is 52.3 Å². The van der Waals surface area contributed by atoms with Crippen molar-refractivity contribution in [3.8, 4) is 11.1 Å². The molecule has 0 unspecified atom stereocenters. The summed E-state index contributed by atoms with van der Waals surface area (Å²) in [6.45, 7) is 3.93. The van der Waals surface area contributed by atoms with E-state index in [1.807, 2.05) is 22.9 Å². The molecule has 0 aliphatic rings. The molecule has 150 valence electrons. The Balaban J connectivity index is 2.05. The zero-order chi connectivity index (χ0) is 20.1. The maximum atomic E-state index is 13.6. The molecule has 0 saturated carbocycles. The Labute approximate surface area is 168 Å². The highest BCUT2D eigenvalue weighted by atomic mass is 32.2. The summed E-state index contributed by atoms with van der Waals surface area (Å²) in [5.41, 5.74) is 2.74. The van der Waals surface area contributed by atoms with Gasteiger partial charge in [-0.2, -0.15) is 11.3 Å². The normalized spacial score (nSPS) is 11.7. The SMILES string of the molecule is COCCOCN(c1onc(C)c1C)S(=O)(=O)c1ccccc1-c1ccsc1. The number of aryl methyl sites for hydroxylation is 1. The third-order valence-electron chi connectivity index (χ3n) is 4.29. The van der Waals surface area contributed by atoms with Crippen LogP contribution in [-0.2, 0) is 19.5 Å². The van der Waals surface area contributed by atoms with E-state index < -0.39 is 10.0 Å². The lowest BCUT2D eigenvalue weighted by molar-refractivity contribution is 0.0744. The van der Waals surface area contributed by atoms with Gasteiger partial charge >= 0.3 is 0 Å². The molecule has 0 spiro atoms. The zero-order valence-electron chi connectivity index (χ0n) is 15.9. The fourth-order valence-electron chi connectivity index (χ4n) is 2.63. The molecule has 0 bridgehead atoms. The monoisotopic (exact) mass is 422 g/mol. The van der Waals surface area contributed by atoms with Crippen molar-refractivity contribution in [1.82, 2.24) is 5.16 Å². The smallest absolute Gasteiger partial charge is 0.269 e. The van der Waals surface area contributed by atoms with Crippen LogP contribution in [0.25, 0.3) is 11.1 Å². The third-order valence-corrected chi connectivity index (χ3v) is 6.73. The van der Waals surface area contributed by atoms with E-state index in [4.69, 9.17) is 14.0 Å². The van der Waals surface area contributed by atoms with Gasteiger partial charge in [-0.05, 0) is 42.3 Å². The van der Waals surface area contributed by atoms with Crippen LogP contribution in [0.4, 0.5) is 5.88 Å². The minimum Gasteiger partial charge on any atom is -0.382 e. The van der Waals surface area contributed by atoms with Crippen LogP contribution in [0.2, 0.25) is 0 Å². The van der Waals surface area contributed by atoms with E-state index in [-0.39, 0.29) is 24.1 Å². The van der Waals surface area contributed by atoms with Gasteiger partial charge in [-0.15, -0.1) is 0 Å². The summed E-state index contributed by atoms with van der Waals surface area (Å²) in [5, 5.41) is 7.73. The molecule has 0 aliphatic heterocycles. The van der Waals surface area contributed by atoms with Crippen LogP contribution in [0.5, 0.6) is 0 Å². The Morgan fingerprint density at radius 3 is 2.61 bits per heavy atom. The number of ether oxygens (including phenoxy) is 2. The van der Waals surface area contributed by atoms with Crippen LogP contribution in [0.15, 0.2) is 50.5 Å². The highest BCUT2D eigenvalue weighted by Gasteiger charge is 2.32. The minimum absolute atomic E-state index is 0.148. The number of thiophene rings is 1. The number of methoxy groups -OCH3 is 1. The summed E-state index contributed by atoms with van der Waals surface area (Å²) in [6.07, 6.45) is 0. The summed E-state index contributed by atoms with van der Waals surface area (Å²) in [6, 6.07) is 8.78. The minimum atomic E-state index is -3.97. The first-order chi connectivity index (χ1) is 13.5. The summed E-state index contributed by atoms with van der Waals surface area (Å²) >= 11 is 1.51. The van der Waals surface area contributed by atoms with Crippen molar-refractivity contribution in [2.75, 3.05) is 31.4 Å². The number of rotatable bonds is 9. The lowest BCUT2D eigenvalue weighted by Gasteiger charge is -2.23. The molecular weight excluding hydrogens is 400 g/mol. The largest absolute Gasteiger partial charge is 0.382 e. The zero-order valence-corrected chi connectivity index (χ0v) is 17.5. The molecule has 0 fully saturated rings. The van der Waals surface area contributed by atoms with Crippen molar-refractivity contribution < 1.29 is 22.4 Å². The van der Waals surface area contributed by atoms with Crippen molar-refractivity contribution in [1.29, 1.82) is 0 Å². The van der Waals surface area contributed by atoms with Gasteiger partial charge in [0, 0.05) is 18.2 Å². The van der Waals surface area contributed by atoms with Crippen LogP contribution in [0.1, 0.15) is 11.3 Å². The van der Waals surface area contributed by atoms with Gasteiger partial charge in [0.2, 0.25) is 5.88 Å². The summed E-state index contributed by atoms with van der Waals surface area (Å²) < 4.78 is 44.2. The van der Waals surface area contributed by atoms with Crippen molar-refractivity contribution in [2.45, 2.75) is 18.7 Å². The molecule has 3 aromatic rings.